The lowest BCUT2D eigenvalue weighted by Crippen LogP contribution is -2.24. The Kier molecular flexibility index (Phi) is 7.92. The molecule has 0 radical (unpaired) electrons. The number of nitrogens with one attached hydrogen (secondary N) is 1. The van der Waals surface area contributed by atoms with Gasteiger partial charge in [-0.2, -0.15) is 0 Å². The van der Waals surface area contributed by atoms with Crippen LogP contribution in [-0.4, -0.2) is 23.1 Å². The van der Waals surface area contributed by atoms with E-state index in [1.54, 1.807) is 6.20 Å². The highest BCUT2D eigenvalue weighted by Gasteiger charge is 2.16. The number of carbonyl (C=O) groups excluding carboxylic acids is 1. The van der Waals surface area contributed by atoms with E-state index >= 15 is 0 Å². The lowest BCUT2D eigenvalue weighted by atomic mass is 9.97. The van der Waals surface area contributed by atoms with Crippen molar-refractivity contribution in [3.8, 4) is 0 Å². The average molecular weight is 306 g/mol. The van der Waals surface area contributed by atoms with Crippen LogP contribution in [0.25, 0.3) is 0 Å². The largest absolute Gasteiger partial charge is 0.460 e. The molecule has 1 unspecified atom stereocenters. The third kappa shape index (κ3) is 8.65. The molecule has 1 rings (SSSR count). The second-order valence-electron chi connectivity index (χ2n) is 6.73. The van der Waals surface area contributed by atoms with E-state index in [2.05, 4.69) is 17.2 Å². The van der Waals surface area contributed by atoms with E-state index in [9.17, 15) is 4.79 Å². The van der Waals surface area contributed by atoms with Crippen molar-refractivity contribution in [1.82, 2.24) is 4.98 Å². The fourth-order valence-corrected chi connectivity index (χ4v) is 2.40. The van der Waals surface area contributed by atoms with Gasteiger partial charge in [0, 0.05) is 19.2 Å². The minimum Gasteiger partial charge on any atom is -0.460 e. The van der Waals surface area contributed by atoms with Crippen LogP contribution >= 0.6 is 0 Å². The molecular formula is C18H30N2O2. The number of rotatable bonds is 9. The summed E-state index contributed by atoms with van der Waals surface area (Å²) in [6.07, 6.45) is 6.52. The normalized spacial score (nSPS) is 12.7. The van der Waals surface area contributed by atoms with Gasteiger partial charge in [-0.25, -0.2) is 4.98 Å². The highest BCUT2D eigenvalue weighted by Crippen LogP contribution is 2.17. The lowest BCUT2D eigenvalue weighted by Gasteiger charge is -2.20. The zero-order chi connectivity index (χ0) is 16.4. The molecule has 0 aliphatic carbocycles. The van der Waals surface area contributed by atoms with Crippen molar-refractivity contribution in [2.24, 2.45) is 5.92 Å². The highest BCUT2D eigenvalue weighted by molar-refractivity contribution is 5.69. The van der Waals surface area contributed by atoms with Gasteiger partial charge in [0.05, 0.1) is 0 Å². The molecule has 0 spiro atoms. The molecule has 0 saturated heterocycles. The average Bonchev–Trinajstić information content (AvgIpc) is 2.44. The molecule has 4 nitrogen and oxygen atoms in total. The monoisotopic (exact) mass is 306 g/mol. The molecule has 124 valence electrons. The quantitative estimate of drug-likeness (QED) is 0.686. The summed E-state index contributed by atoms with van der Waals surface area (Å²) in [5.74, 6) is 1.38. The van der Waals surface area contributed by atoms with E-state index in [1.807, 2.05) is 39.0 Å². The number of hydrogen-bond donors (Lipinski definition) is 1. The fraction of sp³-hybridized carbons (Fsp3) is 0.667. The van der Waals surface area contributed by atoms with Gasteiger partial charge in [0.2, 0.25) is 0 Å². The first-order valence-electron chi connectivity index (χ1n) is 8.27. The number of nitrogens with zero attached hydrogens (tertiary/aromatic N) is 1. The second kappa shape index (κ2) is 9.44. The molecule has 0 bridgehead atoms. The van der Waals surface area contributed by atoms with Crippen molar-refractivity contribution in [3.63, 3.8) is 0 Å². The van der Waals surface area contributed by atoms with Gasteiger partial charge in [0.25, 0.3) is 0 Å². The van der Waals surface area contributed by atoms with Crippen molar-refractivity contribution in [1.29, 1.82) is 0 Å². The van der Waals surface area contributed by atoms with Gasteiger partial charge in [-0.15, -0.1) is 0 Å². The predicted octanol–water partition coefficient (Wildman–Crippen LogP) is 4.42. The number of ether oxygens (including phenoxy) is 1. The van der Waals surface area contributed by atoms with Gasteiger partial charge in [-0.3, -0.25) is 4.79 Å². The van der Waals surface area contributed by atoms with Crippen molar-refractivity contribution < 1.29 is 9.53 Å². The van der Waals surface area contributed by atoms with E-state index in [0.717, 1.165) is 38.0 Å². The summed E-state index contributed by atoms with van der Waals surface area (Å²) >= 11 is 0. The molecule has 1 N–H and O–H groups in total. The number of hydrogen-bond acceptors (Lipinski definition) is 4. The summed E-state index contributed by atoms with van der Waals surface area (Å²) < 4.78 is 5.34. The molecule has 0 aliphatic heterocycles. The van der Waals surface area contributed by atoms with Crippen LogP contribution in [0.2, 0.25) is 0 Å². The molecule has 4 heteroatoms. The van der Waals surface area contributed by atoms with Gasteiger partial charge in [-0.1, -0.05) is 19.4 Å². The topological polar surface area (TPSA) is 51.2 Å². The fourth-order valence-electron chi connectivity index (χ4n) is 2.40. The number of aromatic nitrogens is 1. The van der Waals surface area contributed by atoms with E-state index in [4.69, 9.17) is 4.74 Å². The summed E-state index contributed by atoms with van der Waals surface area (Å²) in [6, 6.07) is 5.87. The van der Waals surface area contributed by atoms with Crippen LogP contribution in [0, 0.1) is 5.92 Å². The summed E-state index contributed by atoms with van der Waals surface area (Å²) in [4.78, 5) is 16.0. The molecule has 0 aliphatic rings. The molecule has 1 aromatic rings. The lowest BCUT2D eigenvalue weighted by molar-refractivity contribution is -0.154. The Morgan fingerprint density at radius 1 is 1.32 bits per heavy atom. The Bertz CT molecular complexity index is 426. The minimum absolute atomic E-state index is 0.0968. The van der Waals surface area contributed by atoms with E-state index in [1.165, 1.54) is 0 Å². The second-order valence-corrected chi connectivity index (χ2v) is 6.73. The smallest absolute Gasteiger partial charge is 0.306 e. The van der Waals surface area contributed by atoms with Crippen molar-refractivity contribution in [3.05, 3.63) is 24.4 Å². The van der Waals surface area contributed by atoms with Crippen LogP contribution in [0.1, 0.15) is 59.8 Å². The third-order valence-corrected chi connectivity index (χ3v) is 3.35. The Labute approximate surface area is 134 Å². The highest BCUT2D eigenvalue weighted by atomic mass is 16.6. The van der Waals surface area contributed by atoms with E-state index in [0.29, 0.717) is 12.3 Å². The van der Waals surface area contributed by atoms with Gasteiger partial charge >= 0.3 is 5.97 Å². The zero-order valence-electron chi connectivity index (χ0n) is 14.4. The van der Waals surface area contributed by atoms with Crippen LogP contribution < -0.4 is 5.32 Å². The maximum absolute atomic E-state index is 11.7. The molecule has 0 saturated carbocycles. The molecule has 0 fully saturated rings. The van der Waals surface area contributed by atoms with Crippen LogP contribution in [0.4, 0.5) is 5.82 Å². The summed E-state index contributed by atoms with van der Waals surface area (Å²) in [6.45, 7) is 8.81. The molecule has 1 heterocycles. The minimum atomic E-state index is -0.388. The van der Waals surface area contributed by atoms with Crippen LogP contribution in [0.3, 0.4) is 0 Å². The molecular weight excluding hydrogens is 276 g/mol. The number of pyridine rings is 1. The van der Waals surface area contributed by atoms with Gasteiger partial charge in [-0.05, 0) is 58.1 Å². The van der Waals surface area contributed by atoms with Gasteiger partial charge in [0.15, 0.2) is 0 Å². The summed E-state index contributed by atoms with van der Waals surface area (Å²) in [5.41, 5.74) is -0.388. The van der Waals surface area contributed by atoms with E-state index < -0.39 is 0 Å². The molecule has 1 aromatic heterocycles. The molecule has 0 aromatic carbocycles. The number of carbonyl (C=O) groups is 1. The Balaban J connectivity index is 2.30. The SMILES string of the molecule is CCCC(CCCC(=O)OC(C)(C)C)CNc1ccccn1. The maximum Gasteiger partial charge on any atom is 0.306 e. The Morgan fingerprint density at radius 3 is 2.68 bits per heavy atom. The first-order chi connectivity index (χ1) is 10.4. The van der Waals surface area contributed by atoms with E-state index in [-0.39, 0.29) is 11.6 Å². The standard InChI is InChI=1S/C18H30N2O2/c1-5-9-15(14-20-16-11-6-7-13-19-16)10-8-12-17(21)22-18(2,3)4/h6-7,11,13,15H,5,8-10,12,14H2,1-4H3,(H,19,20). The first kappa shape index (κ1) is 18.5. The van der Waals surface area contributed by atoms with Crippen molar-refractivity contribution in [2.45, 2.75) is 65.4 Å². The van der Waals surface area contributed by atoms with Crippen LogP contribution in [-0.2, 0) is 9.53 Å². The maximum atomic E-state index is 11.7. The van der Waals surface area contributed by atoms with Gasteiger partial charge in [0.1, 0.15) is 11.4 Å². The van der Waals surface area contributed by atoms with Crippen LogP contribution in [0.15, 0.2) is 24.4 Å². The molecule has 0 amide bonds. The molecule has 1 atom stereocenters. The third-order valence-electron chi connectivity index (χ3n) is 3.35. The molecule has 22 heavy (non-hydrogen) atoms. The Morgan fingerprint density at radius 2 is 2.09 bits per heavy atom. The van der Waals surface area contributed by atoms with Crippen LogP contribution in [0.5, 0.6) is 0 Å². The first-order valence-corrected chi connectivity index (χ1v) is 8.27. The zero-order valence-corrected chi connectivity index (χ0v) is 14.4. The predicted molar refractivity (Wildman–Crippen MR) is 90.8 cm³/mol. The summed E-state index contributed by atoms with van der Waals surface area (Å²) in [5, 5.41) is 3.38. The van der Waals surface area contributed by atoms with Crippen molar-refractivity contribution >= 4 is 11.8 Å². The number of anilines is 1. The number of esters is 1. The van der Waals surface area contributed by atoms with Gasteiger partial charge < -0.3 is 10.1 Å². The Hall–Kier alpha value is -1.58. The summed E-state index contributed by atoms with van der Waals surface area (Å²) in [7, 11) is 0. The van der Waals surface area contributed by atoms with Crippen molar-refractivity contribution in [2.75, 3.05) is 11.9 Å².